The zero-order chi connectivity index (χ0) is 14.1. The number of alkyl halides is 3. The summed E-state index contributed by atoms with van der Waals surface area (Å²) in [5.41, 5.74) is -0.281. The summed E-state index contributed by atoms with van der Waals surface area (Å²) in [6.07, 6.45) is -3.73. The van der Waals surface area contributed by atoms with Crippen LogP contribution in [0.2, 0.25) is 0 Å². The SMILES string of the molecule is CC1CNC(C)(Cc2ccc(C(F)(F)F)cc2)OC1.Cl. The van der Waals surface area contributed by atoms with Gasteiger partial charge in [0, 0.05) is 13.0 Å². The van der Waals surface area contributed by atoms with E-state index in [1.807, 2.05) is 6.92 Å². The van der Waals surface area contributed by atoms with Crippen LogP contribution < -0.4 is 5.32 Å². The van der Waals surface area contributed by atoms with Crippen LogP contribution in [0.5, 0.6) is 0 Å². The number of nitrogens with one attached hydrogen (secondary N) is 1. The normalized spacial score (nSPS) is 26.9. The number of benzene rings is 1. The monoisotopic (exact) mass is 309 g/mol. The van der Waals surface area contributed by atoms with Gasteiger partial charge < -0.3 is 4.74 Å². The fourth-order valence-corrected chi connectivity index (χ4v) is 2.14. The van der Waals surface area contributed by atoms with Gasteiger partial charge in [-0.2, -0.15) is 13.2 Å². The molecular formula is C14H19ClF3NO. The average molecular weight is 310 g/mol. The molecule has 1 N–H and O–H groups in total. The van der Waals surface area contributed by atoms with E-state index < -0.39 is 17.5 Å². The Morgan fingerprint density at radius 2 is 1.90 bits per heavy atom. The molecule has 114 valence electrons. The molecule has 2 atom stereocenters. The molecule has 1 heterocycles. The van der Waals surface area contributed by atoms with E-state index in [1.165, 1.54) is 12.1 Å². The quantitative estimate of drug-likeness (QED) is 0.900. The van der Waals surface area contributed by atoms with Gasteiger partial charge in [0.15, 0.2) is 0 Å². The summed E-state index contributed by atoms with van der Waals surface area (Å²) in [4.78, 5) is 0. The summed E-state index contributed by atoms with van der Waals surface area (Å²) in [5, 5.41) is 3.29. The van der Waals surface area contributed by atoms with Crippen molar-refractivity contribution in [2.45, 2.75) is 32.2 Å². The summed E-state index contributed by atoms with van der Waals surface area (Å²) in [5.74, 6) is 0.459. The maximum atomic E-state index is 12.5. The smallest absolute Gasteiger partial charge is 0.360 e. The zero-order valence-corrected chi connectivity index (χ0v) is 12.3. The summed E-state index contributed by atoms with van der Waals surface area (Å²) in [6, 6.07) is 5.25. The van der Waals surface area contributed by atoms with Crippen LogP contribution in [-0.2, 0) is 17.3 Å². The molecule has 2 nitrogen and oxygen atoms in total. The van der Waals surface area contributed by atoms with Crippen LogP contribution in [0.25, 0.3) is 0 Å². The van der Waals surface area contributed by atoms with E-state index >= 15 is 0 Å². The second kappa shape index (κ2) is 6.33. The lowest BCUT2D eigenvalue weighted by atomic mass is 10.00. The Bertz CT molecular complexity index is 425. The molecule has 6 heteroatoms. The molecule has 1 saturated heterocycles. The highest BCUT2D eigenvalue weighted by atomic mass is 35.5. The van der Waals surface area contributed by atoms with E-state index in [1.54, 1.807) is 0 Å². The zero-order valence-electron chi connectivity index (χ0n) is 11.5. The van der Waals surface area contributed by atoms with Crippen LogP contribution in [0.1, 0.15) is 25.0 Å². The maximum absolute atomic E-state index is 12.5. The van der Waals surface area contributed by atoms with Gasteiger partial charge in [0.1, 0.15) is 5.72 Å². The molecule has 0 spiro atoms. The van der Waals surface area contributed by atoms with E-state index in [0.29, 0.717) is 18.9 Å². The molecule has 0 aromatic heterocycles. The van der Waals surface area contributed by atoms with Crippen molar-refractivity contribution in [2.75, 3.05) is 13.2 Å². The van der Waals surface area contributed by atoms with E-state index in [0.717, 1.165) is 24.2 Å². The van der Waals surface area contributed by atoms with E-state index in [9.17, 15) is 13.2 Å². The molecule has 2 unspecified atom stereocenters. The first kappa shape index (κ1) is 17.3. The fraction of sp³-hybridized carbons (Fsp3) is 0.571. The Morgan fingerprint density at radius 3 is 2.35 bits per heavy atom. The lowest BCUT2D eigenvalue weighted by Gasteiger charge is -2.38. The van der Waals surface area contributed by atoms with Crippen molar-refractivity contribution in [3.8, 4) is 0 Å². The molecule has 0 bridgehead atoms. The third kappa shape index (κ3) is 4.36. The molecule has 2 rings (SSSR count). The number of hydrogen-bond acceptors (Lipinski definition) is 2. The summed E-state index contributed by atoms with van der Waals surface area (Å²) < 4.78 is 43.1. The standard InChI is InChI=1S/C14H18F3NO.ClH/c1-10-8-18-13(2,19-9-10)7-11-3-5-12(6-4-11)14(15,16)17;/h3-6,10,18H,7-9H2,1-2H3;1H. The Morgan fingerprint density at radius 1 is 1.30 bits per heavy atom. The molecule has 1 aliphatic heterocycles. The van der Waals surface area contributed by atoms with Crippen molar-refractivity contribution >= 4 is 12.4 Å². The van der Waals surface area contributed by atoms with E-state index in [4.69, 9.17) is 4.74 Å². The molecule has 0 radical (unpaired) electrons. The Labute approximate surface area is 123 Å². The highest BCUT2D eigenvalue weighted by Crippen LogP contribution is 2.29. The molecule has 20 heavy (non-hydrogen) atoms. The third-order valence-corrected chi connectivity index (χ3v) is 3.33. The summed E-state index contributed by atoms with van der Waals surface area (Å²) >= 11 is 0. The minimum atomic E-state index is -4.28. The van der Waals surface area contributed by atoms with Gasteiger partial charge in [0.05, 0.1) is 12.2 Å². The molecule has 1 aliphatic rings. The Kier molecular flexibility index (Phi) is 5.46. The van der Waals surface area contributed by atoms with Crippen LogP contribution in [0, 0.1) is 5.92 Å². The van der Waals surface area contributed by atoms with Gasteiger partial charge in [-0.3, -0.25) is 5.32 Å². The van der Waals surface area contributed by atoms with Crippen LogP contribution in [0.4, 0.5) is 13.2 Å². The first-order chi connectivity index (χ1) is 8.78. The van der Waals surface area contributed by atoms with Crippen LogP contribution in [0.3, 0.4) is 0 Å². The largest absolute Gasteiger partial charge is 0.416 e. The molecule has 1 fully saturated rings. The second-order valence-corrected chi connectivity index (χ2v) is 5.40. The van der Waals surface area contributed by atoms with Gasteiger partial charge in [-0.05, 0) is 30.5 Å². The Balaban J connectivity index is 0.00000200. The molecule has 1 aromatic rings. The van der Waals surface area contributed by atoms with Crippen molar-refractivity contribution in [3.63, 3.8) is 0 Å². The molecule has 0 amide bonds. The number of rotatable bonds is 2. The first-order valence-corrected chi connectivity index (χ1v) is 6.34. The van der Waals surface area contributed by atoms with Crippen molar-refractivity contribution in [2.24, 2.45) is 5.92 Å². The van der Waals surface area contributed by atoms with Crippen molar-refractivity contribution in [1.29, 1.82) is 0 Å². The van der Waals surface area contributed by atoms with E-state index in [-0.39, 0.29) is 12.4 Å². The number of ether oxygens (including phenoxy) is 1. The lowest BCUT2D eigenvalue weighted by Crippen LogP contribution is -2.53. The van der Waals surface area contributed by atoms with Gasteiger partial charge >= 0.3 is 6.18 Å². The van der Waals surface area contributed by atoms with Gasteiger partial charge in [0.25, 0.3) is 0 Å². The minimum Gasteiger partial charge on any atom is -0.360 e. The van der Waals surface area contributed by atoms with E-state index in [2.05, 4.69) is 12.2 Å². The maximum Gasteiger partial charge on any atom is 0.416 e. The van der Waals surface area contributed by atoms with Gasteiger partial charge in [-0.15, -0.1) is 12.4 Å². The number of hydrogen-bond donors (Lipinski definition) is 1. The summed E-state index contributed by atoms with van der Waals surface area (Å²) in [7, 11) is 0. The second-order valence-electron chi connectivity index (χ2n) is 5.40. The van der Waals surface area contributed by atoms with Crippen LogP contribution >= 0.6 is 12.4 Å². The molecule has 0 saturated carbocycles. The highest BCUT2D eigenvalue weighted by Gasteiger charge is 2.32. The molecular weight excluding hydrogens is 291 g/mol. The minimum absolute atomic E-state index is 0. The highest BCUT2D eigenvalue weighted by molar-refractivity contribution is 5.85. The third-order valence-electron chi connectivity index (χ3n) is 3.33. The fourth-order valence-electron chi connectivity index (χ4n) is 2.14. The predicted octanol–water partition coefficient (Wildman–Crippen LogP) is 3.64. The van der Waals surface area contributed by atoms with Gasteiger partial charge in [0.2, 0.25) is 0 Å². The number of halogens is 4. The van der Waals surface area contributed by atoms with Crippen molar-refractivity contribution in [3.05, 3.63) is 35.4 Å². The predicted molar refractivity (Wildman–Crippen MR) is 73.9 cm³/mol. The van der Waals surface area contributed by atoms with Crippen molar-refractivity contribution < 1.29 is 17.9 Å². The van der Waals surface area contributed by atoms with Crippen molar-refractivity contribution in [1.82, 2.24) is 5.32 Å². The van der Waals surface area contributed by atoms with Crippen LogP contribution in [-0.4, -0.2) is 18.9 Å². The van der Waals surface area contributed by atoms with Gasteiger partial charge in [-0.25, -0.2) is 0 Å². The van der Waals surface area contributed by atoms with Gasteiger partial charge in [-0.1, -0.05) is 19.1 Å². The molecule has 1 aromatic carbocycles. The van der Waals surface area contributed by atoms with Crippen LogP contribution in [0.15, 0.2) is 24.3 Å². The first-order valence-electron chi connectivity index (χ1n) is 6.34. The Hall–Kier alpha value is -0.780. The topological polar surface area (TPSA) is 21.3 Å². The average Bonchev–Trinajstić information content (AvgIpc) is 2.33. The lowest BCUT2D eigenvalue weighted by molar-refractivity contribution is -0.137. The summed E-state index contributed by atoms with van der Waals surface area (Å²) in [6.45, 7) is 5.54. The molecule has 0 aliphatic carbocycles.